The van der Waals surface area contributed by atoms with Crippen LogP contribution in [0.4, 0.5) is 0 Å². The van der Waals surface area contributed by atoms with Crippen molar-refractivity contribution >= 4 is 5.78 Å². The Morgan fingerprint density at radius 3 is 2.81 bits per heavy atom. The van der Waals surface area contributed by atoms with Gasteiger partial charge in [-0.2, -0.15) is 0 Å². The van der Waals surface area contributed by atoms with Gasteiger partial charge in [-0.15, -0.1) is 0 Å². The minimum atomic E-state index is -0.358. The molecule has 26 heavy (non-hydrogen) atoms. The standard InChI is InChI=1S/C21H36O5/c1-2-3-7-15(23)9-6-11-18-19-12-17(26-21(19)13-20(18)25)10-5-4-8-16(24)14-22/h6,11,15,17-23,25H,2-5,7-10,12-14H2,1H3/b11-6+/t15?,17?,18-,19-,20-,21+/m1/s1. The van der Waals surface area contributed by atoms with Gasteiger partial charge in [0.25, 0.3) is 0 Å². The molecule has 0 bridgehead atoms. The number of carbonyl (C=O) groups is 1. The number of unbranched alkanes of at least 4 members (excludes halogenated alkanes) is 2. The normalized spacial score (nSPS) is 32.2. The number of fused-ring (bicyclic) bond motifs is 1. The maximum atomic E-state index is 11.1. The van der Waals surface area contributed by atoms with Crippen LogP contribution in [0.15, 0.2) is 12.2 Å². The third-order valence-corrected chi connectivity index (χ3v) is 5.86. The van der Waals surface area contributed by atoms with Gasteiger partial charge in [0.2, 0.25) is 0 Å². The van der Waals surface area contributed by atoms with E-state index in [9.17, 15) is 15.0 Å². The number of Topliss-reactive ketones (excluding diaryl/α,β-unsaturated/α-hetero) is 1. The third-order valence-electron chi connectivity index (χ3n) is 5.86. The van der Waals surface area contributed by atoms with Crippen molar-refractivity contribution in [2.45, 2.75) is 95.5 Å². The summed E-state index contributed by atoms with van der Waals surface area (Å²) in [4.78, 5) is 11.1. The summed E-state index contributed by atoms with van der Waals surface area (Å²) in [6.07, 6.45) is 12.3. The number of aliphatic hydroxyl groups excluding tert-OH is 3. The molecule has 3 N–H and O–H groups in total. The quantitative estimate of drug-likeness (QED) is 0.364. The highest BCUT2D eigenvalue weighted by atomic mass is 16.5. The molecule has 0 radical (unpaired) electrons. The van der Waals surface area contributed by atoms with Gasteiger partial charge in [0, 0.05) is 18.8 Å². The summed E-state index contributed by atoms with van der Waals surface area (Å²) in [5, 5.41) is 29.0. The molecule has 1 heterocycles. The van der Waals surface area contributed by atoms with Crippen LogP contribution in [0.25, 0.3) is 0 Å². The minimum Gasteiger partial charge on any atom is -0.393 e. The van der Waals surface area contributed by atoms with E-state index in [0.29, 0.717) is 25.2 Å². The Balaban J connectivity index is 1.72. The number of aliphatic hydroxyl groups is 3. The average Bonchev–Trinajstić information content (AvgIpc) is 3.14. The summed E-state index contributed by atoms with van der Waals surface area (Å²) in [6.45, 7) is 1.77. The molecule has 1 aliphatic carbocycles. The van der Waals surface area contributed by atoms with E-state index in [4.69, 9.17) is 9.84 Å². The van der Waals surface area contributed by atoms with Gasteiger partial charge in [0.1, 0.15) is 6.61 Å². The zero-order valence-corrected chi connectivity index (χ0v) is 16.1. The number of ether oxygens (including phenoxy) is 1. The number of hydrogen-bond acceptors (Lipinski definition) is 5. The first-order chi connectivity index (χ1) is 12.5. The zero-order chi connectivity index (χ0) is 18.9. The molecule has 2 unspecified atom stereocenters. The minimum absolute atomic E-state index is 0.0938. The Labute approximate surface area is 157 Å². The van der Waals surface area contributed by atoms with Crippen LogP contribution in [0.5, 0.6) is 0 Å². The molecule has 150 valence electrons. The highest BCUT2D eigenvalue weighted by Gasteiger charge is 2.47. The first kappa shape index (κ1) is 21.5. The molecular weight excluding hydrogens is 332 g/mol. The maximum Gasteiger partial charge on any atom is 0.158 e. The van der Waals surface area contributed by atoms with Gasteiger partial charge in [-0.3, -0.25) is 4.79 Å². The molecule has 0 aromatic heterocycles. The summed E-state index contributed by atoms with van der Waals surface area (Å²) in [6, 6.07) is 0. The van der Waals surface area contributed by atoms with E-state index in [2.05, 4.69) is 13.0 Å². The van der Waals surface area contributed by atoms with Crippen molar-refractivity contribution in [3.05, 3.63) is 12.2 Å². The van der Waals surface area contributed by atoms with E-state index in [1.165, 1.54) is 0 Å². The molecule has 0 aromatic rings. The summed E-state index contributed by atoms with van der Waals surface area (Å²) in [5.41, 5.74) is 0. The highest BCUT2D eigenvalue weighted by Crippen LogP contribution is 2.45. The van der Waals surface area contributed by atoms with Gasteiger partial charge in [0.15, 0.2) is 5.78 Å². The van der Waals surface area contributed by atoms with E-state index in [-0.39, 0.29) is 42.7 Å². The number of ketones is 1. The Hall–Kier alpha value is -0.750. The molecule has 0 amide bonds. The molecule has 5 nitrogen and oxygen atoms in total. The van der Waals surface area contributed by atoms with Gasteiger partial charge >= 0.3 is 0 Å². The molecule has 1 saturated heterocycles. The van der Waals surface area contributed by atoms with Crippen molar-refractivity contribution in [1.82, 2.24) is 0 Å². The van der Waals surface area contributed by atoms with Crippen molar-refractivity contribution in [3.63, 3.8) is 0 Å². The fraction of sp³-hybridized carbons (Fsp3) is 0.857. The topological polar surface area (TPSA) is 87.0 Å². The second kappa shape index (κ2) is 11.2. The fourth-order valence-electron chi connectivity index (χ4n) is 4.36. The van der Waals surface area contributed by atoms with E-state index in [1.807, 2.05) is 6.08 Å². The van der Waals surface area contributed by atoms with Crippen LogP contribution < -0.4 is 0 Å². The Morgan fingerprint density at radius 1 is 1.27 bits per heavy atom. The molecule has 2 rings (SSSR count). The highest BCUT2D eigenvalue weighted by molar-refractivity contribution is 5.79. The lowest BCUT2D eigenvalue weighted by molar-refractivity contribution is -0.121. The fourth-order valence-corrected chi connectivity index (χ4v) is 4.36. The first-order valence-electron chi connectivity index (χ1n) is 10.4. The van der Waals surface area contributed by atoms with Gasteiger partial charge in [-0.25, -0.2) is 0 Å². The van der Waals surface area contributed by atoms with Crippen LogP contribution in [0.3, 0.4) is 0 Å². The lowest BCUT2D eigenvalue weighted by Gasteiger charge is -2.17. The number of rotatable bonds is 12. The predicted octanol–water partition coefficient (Wildman–Crippen LogP) is 2.76. The SMILES string of the molecule is CCCCC(O)C/C=C/[C@@H]1[C@H]2CC(CCCCC(=O)CO)O[C@H]2C[C@H]1O. The first-order valence-corrected chi connectivity index (χ1v) is 10.4. The lowest BCUT2D eigenvalue weighted by Crippen LogP contribution is -2.19. The molecule has 0 aromatic carbocycles. The van der Waals surface area contributed by atoms with Crippen molar-refractivity contribution in [1.29, 1.82) is 0 Å². The van der Waals surface area contributed by atoms with Crippen LogP contribution in [-0.2, 0) is 9.53 Å². The maximum absolute atomic E-state index is 11.1. The average molecular weight is 369 g/mol. The third kappa shape index (κ3) is 6.45. The molecule has 0 spiro atoms. The molecule has 6 atom stereocenters. The van der Waals surface area contributed by atoms with Crippen LogP contribution in [0.1, 0.15) is 71.1 Å². The molecular formula is C21H36O5. The Bertz CT molecular complexity index is 450. The second-order valence-corrected chi connectivity index (χ2v) is 7.98. The summed E-state index contributed by atoms with van der Waals surface area (Å²) < 4.78 is 6.12. The summed E-state index contributed by atoms with van der Waals surface area (Å²) in [5.74, 6) is 0.390. The van der Waals surface area contributed by atoms with E-state index in [1.54, 1.807) is 0 Å². The smallest absolute Gasteiger partial charge is 0.158 e. The van der Waals surface area contributed by atoms with Crippen LogP contribution in [0.2, 0.25) is 0 Å². The zero-order valence-electron chi connectivity index (χ0n) is 16.1. The lowest BCUT2D eigenvalue weighted by atomic mass is 9.89. The van der Waals surface area contributed by atoms with Crippen LogP contribution in [-0.4, -0.2) is 52.1 Å². The predicted molar refractivity (Wildman–Crippen MR) is 101 cm³/mol. The summed E-state index contributed by atoms with van der Waals surface area (Å²) >= 11 is 0. The van der Waals surface area contributed by atoms with Crippen molar-refractivity contribution in [3.8, 4) is 0 Å². The Morgan fingerprint density at radius 2 is 2.08 bits per heavy atom. The van der Waals surface area contributed by atoms with Crippen LogP contribution in [0, 0.1) is 11.8 Å². The van der Waals surface area contributed by atoms with E-state index < -0.39 is 0 Å². The molecule has 2 aliphatic rings. The number of hydrogen-bond donors (Lipinski definition) is 3. The molecule has 1 saturated carbocycles. The van der Waals surface area contributed by atoms with Crippen molar-refractivity contribution in [2.75, 3.05) is 6.61 Å². The number of carbonyl (C=O) groups excluding carboxylic acids is 1. The molecule has 2 fully saturated rings. The van der Waals surface area contributed by atoms with Gasteiger partial charge < -0.3 is 20.1 Å². The van der Waals surface area contributed by atoms with Gasteiger partial charge in [-0.05, 0) is 38.0 Å². The van der Waals surface area contributed by atoms with Crippen molar-refractivity contribution in [2.24, 2.45) is 11.8 Å². The van der Waals surface area contributed by atoms with Gasteiger partial charge in [0.05, 0.1) is 24.4 Å². The second-order valence-electron chi connectivity index (χ2n) is 7.98. The van der Waals surface area contributed by atoms with Crippen LogP contribution >= 0.6 is 0 Å². The molecule has 5 heteroatoms. The summed E-state index contributed by atoms with van der Waals surface area (Å²) in [7, 11) is 0. The Kier molecular flexibility index (Phi) is 9.26. The van der Waals surface area contributed by atoms with Crippen molar-refractivity contribution < 1.29 is 24.9 Å². The van der Waals surface area contributed by atoms with Gasteiger partial charge in [-0.1, -0.05) is 38.3 Å². The van der Waals surface area contributed by atoms with E-state index >= 15 is 0 Å². The molecule has 1 aliphatic heterocycles. The monoisotopic (exact) mass is 368 g/mol. The largest absolute Gasteiger partial charge is 0.393 e. The van der Waals surface area contributed by atoms with E-state index in [0.717, 1.165) is 44.9 Å².